The minimum absolute atomic E-state index is 0.0596. The summed E-state index contributed by atoms with van der Waals surface area (Å²) in [5.74, 6) is -1.05. The van der Waals surface area contributed by atoms with E-state index in [0.717, 1.165) is 4.31 Å². The van der Waals surface area contributed by atoms with E-state index in [0.29, 0.717) is 0 Å². The molecule has 0 aromatic rings. The molecule has 0 aromatic carbocycles. The van der Waals surface area contributed by atoms with Crippen LogP contribution in [0.4, 0.5) is 0 Å². The lowest BCUT2D eigenvalue weighted by Gasteiger charge is -2.19. The predicted molar refractivity (Wildman–Crippen MR) is 64.5 cm³/mol. The summed E-state index contributed by atoms with van der Waals surface area (Å²) in [7, 11) is 0.550. The molecule has 1 atom stereocenters. The van der Waals surface area contributed by atoms with Gasteiger partial charge in [-0.3, -0.25) is 4.79 Å². The molecule has 0 aliphatic heterocycles. The van der Waals surface area contributed by atoms with Gasteiger partial charge in [0.1, 0.15) is 0 Å². The third-order valence-corrected chi connectivity index (χ3v) is 3.76. The van der Waals surface area contributed by atoms with Crippen molar-refractivity contribution < 1.29 is 27.8 Å². The SMILES string of the molecule is COCC(CNS(=O)(=O)N(C)CCC(=O)O)OC. The number of hydrogen-bond donors (Lipinski definition) is 2. The van der Waals surface area contributed by atoms with Gasteiger partial charge in [-0.05, 0) is 0 Å². The predicted octanol–water partition coefficient (Wildman–Crippen LogP) is -1.11. The van der Waals surface area contributed by atoms with Crippen molar-refractivity contribution in [2.75, 3.05) is 41.0 Å². The highest BCUT2D eigenvalue weighted by molar-refractivity contribution is 7.87. The molecule has 9 heteroatoms. The number of nitrogens with one attached hydrogen (secondary N) is 1. The van der Waals surface area contributed by atoms with Crippen LogP contribution in [0, 0.1) is 0 Å². The highest BCUT2D eigenvalue weighted by Gasteiger charge is 2.19. The monoisotopic (exact) mass is 284 g/mol. The standard InChI is InChI=1S/C9H20N2O6S/c1-11(5-4-9(12)13)18(14,15)10-6-8(17-3)7-16-2/h8,10H,4-7H2,1-3H3,(H,12,13). The van der Waals surface area contributed by atoms with Crippen LogP contribution in [0.3, 0.4) is 0 Å². The lowest BCUT2D eigenvalue weighted by atomic mass is 10.4. The second-order valence-electron chi connectivity index (χ2n) is 3.63. The van der Waals surface area contributed by atoms with Crippen LogP contribution in [-0.2, 0) is 24.5 Å². The van der Waals surface area contributed by atoms with E-state index in [4.69, 9.17) is 14.6 Å². The van der Waals surface area contributed by atoms with Gasteiger partial charge in [0.2, 0.25) is 0 Å². The summed E-state index contributed by atoms with van der Waals surface area (Å²) in [6.45, 7) is 0.231. The summed E-state index contributed by atoms with van der Waals surface area (Å²) in [6.07, 6.45) is -0.638. The van der Waals surface area contributed by atoms with Crippen LogP contribution in [0.15, 0.2) is 0 Å². The summed E-state index contributed by atoms with van der Waals surface area (Å²) in [6, 6.07) is 0. The van der Waals surface area contributed by atoms with E-state index in [1.54, 1.807) is 0 Å². The first-order chi connectivity index (χ1) is 8.33. The Kier molecular flexibility index (Phi) is 8.03. The Balaban J connectivity index is 4.24. The van der Waals surface area contributed by atoms with Gasteiger partial charge in [0.15, 0.2) is 0 Å². The van der Waals surface area contributed by atoms with Gasteiger partial charge in [-0.2, -0.15) is 17.4 Å². The normalized spacial score (nSPS) is 13.8. The highest BCUT2D eigenvalue weighted by Crippen LogP contribution is 1.97. The molecule has 0 radical (unpaired) electrons. The Hall–Kier alpha value is -0.740. The number of nitrogens with zero attached hydrogens (tertiary/aromatic N) is 1. The molecular weight excluding hydrogens is 264 g/mol. The van der Waals surface area contributed by atoms with E-state index in [9.17, 15) is 13.2 Å². The van der Waals surface area contributed by atoms with Crippen LogP contribution in [0.2, 0.25) is 0 Å². The molecule has 1 unspecified atom stereocenters. The van der Waals surface area contributed by atoms with Gasteiger partial charge in [0.05, 0.1) is 19.1 Å². The quantitative estimate of drug-likeness (QED) is 0.527. The van der Waals surface area contributed by atoms with Crippen molar-refractivity contribution in [3.63, 3.8) is 0 Å². The van der Waals surface area contributed by atoms with Crippen LogP contribution in [0.1, 0.15) is 6.42 Å². The summed E-state index contributed by atoms with van der Waals surface area (Å²) in [4.78, 5) is 10.3. The van der Waals surface area contributed by atoms with Crippen LogP contribution >= 0.6 is 0 Å². The fourth-order valence-corrected chi connectivity index (χ4v) is 2.03. The van der Waals surface area contributed by atoms with Gasteiger partial charge in [-0.25, -0.2) is 0 Å². The minimum atomic E-state index is -3.69. The Morgan fingerprint density at radius 2 is 2.06 bits per heavy atom. The summed E-state index contributed by atoms with van der Waals surface area (Å²) in [5, 5.41) is 8.48. The zero-order valence-corrected chi connectivity index (χ0v) is 11.6. The van der Waals surface area contributed by atoms with Gasteiger partial charge in [0, 0.05) is 34.4 Å². The number of methoxy groups -OCH3 is 2. The summed E-state index contributed by atoms with van der Waals surface area (Å²) < 4.78 is 36.5. The van der Waals surface area contributed by atoms with Crippen LogP contribution < -0.4 is 4.72 Å². The van der Waals surface area contributed by atoms with Gasteiger partial charge in [-0.15, -0.1) is 0 Å². The fraction of sp³-hybridized carbons (Fsp3) is 0.889. The number of rotatable bonds is 10. The van der Waals surface area contributed by atoms with Crippen molar-refractivity contribution >= 4 is 16.2 Å². The zero-order valence-electron chi connectivity index (χ0n) is 10.7. The van der Waals surface area contributed by atoms with Crippen molar-refractivity contribution in [1.29, 1.82) is 0 Å². The van der Waals surface area contributed by atoms with Crippen molar-refractivity contribution in [2.24, 2.45) is 0 Å². The number of carbonyl (C=O) groups is 1. The summed E-state index contributed by atoms with van der Waals surface area (Å²) >= 11 is 0. The first-order valence-electron chi connectivity index (χ1n) is 5.28. The number of ether oxygens (including phenoxy) is 2. The van der Waals surface area contributed by atoms with Crippen LogP contribution in [0.5, 0.6) is 0 Å². The molecule has 0 spiro atoms. The third-order valence-electron chi connectivity index (χ3n) is 2.23. The smallest absolute Gasteiger partial charge is 0.304 e. The molecule has 8 nitrogen and oxygen atoms in total. The molecule has 0 saturated heterocycles. The van der Waals surface area contributed by atoms with Gasteiger partial charge >= 0.3 is 5.97 Å². The molecule has 0 aliphatic carbocycles. The summed E-state index contributed by atoms with van der Waals surface area (Å²) in [5.41, 5.74) is 0. The van der Waals surface area contributed by atoms with Crippen LogP contribution in [-0.4, -0.2) is 70.9 Å². The molecule has 0 bridgehead atoms. The third kappa shape index (κ3) is 6.87. The van der Waals surface area contributed by atoms with E-state index in [1.807, 2.05) is 0 Å². The topological polar surface area (TPSA) is 105 Å². The Labute approximate surface area is 107 Å². The van der Waals surface area contributed by atoms with Gasteiger partial charge in [0.25, 0.3) is 10.2 Å². The molecule has 0 aliphatic rings. The molecule has 0 rings (SSSR count). The zero-order chi connectivity index (χ0) is 14.2. The Morgan fingerprint density at radius 1 is 1.44 bits per heavy atom. The second kappa shape index (κ2) is 8.38. The lowest BCUT2D eigenvalue weighted by molar-refractivity contribution is -0.137. The second-order valence-corrected chi connectivity index (χ2v) is 5.49. The molecule has 2 N–H and O–H groups in total. The maximum absolute atomic E-state index is 11.7. The molecule has 0 saturated carbocycles. The maximum Gasteiger partial charge on any atom is 0.304 e. The number of carboxylic acids is 1. The Bertz CT molecular complexity index is 345. The molecule has 108 valence electrons. The lowest BCUT2D eigenvalue weighted by Crippen LogP contribution is -2.43. The number of hydrogen-bond acceptors (Lipinski definition) is 5. The van der Waals surface area contributed by atoms with Crippen molar-refractivity contribution in [1.82, 2.24) is 9.03 Å². The maximum atomic E-state index is 11.7. The largest absolute Gasteiger partial charge is 0.481 e. The van der Waals surface area contributed by atoms with Crippen LogP contribution in [0.25, 0.3) is 0 Å². The first-order valence-corrected chi connectivity index (χ1v) is 6.72. The molecular formula is C9H20N2O6S. The van der Waals surface area contributed by atoms with E-state index in [-0.39, 0.29) is 26.1 Å². The minimum Gasteiger partial charge on any atom is -0.481 e. The molecule has 0 fully saturated rings. The van der Waals surface area contributed by atoms with E-state index >= 15 is 0 Å². The number of carboxylic acid groups (broad SMARTS) is 1. The van der Waals surface area contributed by atoms with E-state index in [1.165, 1.54) is 21.3 Å². The van der Waals surface area contributed by atoms with Gasteiger partial charge < -0.3 is 14.6 Å². The fourth-order valence-electron chi connectivity index (χ4n) is 1.08. The van der Waals surface area contributed by atoms with E-state index in [2.05, 4.69) is 4.72 Å². The molecule has 0 heterocycles. The van der Waals surface area contributed by atoms with E-state index < -0.39 is 22.3 Å². The Morgan fingerprint density at radius 3 is 2.50 bits per heavy atom. The average Bonchev–Trinajstić information content (AvgIpc) is 2.31. The average molecular weight is 284 g/mol. The molecule has 18 heavy (non-hydrogen) atoms. The number of aliphatic carboxylic acids is 1. The molecule has 0 aromatic heterocycles. The van der Waals surface area contributed by atoms with Crippen molar-refractivity contribution in [3.05, 3.63) is 0 Å². The first kappa shape index (κ1) is 17.3. The van der Waals surface area contributed by atoms with Gasteiger partial charge in [-0.1, -0.05) is 0 Å². The molecule has 0 amide bonds. The highest BCUT2D eigenvalue weighted by atomic mass is 32.2. The van der Waals surface area contributed by atoms with Crippen molar-refractivity contribution in [2.45, 2.75) is 12.5 Å². The van der Waals surface area contributed by atoms with Crippen molar-refractivity contribution in [3.8, 4) is 0 Å².